The second-order valence-corrected chi connectivity index (χ2v) is 5.20. The Morgan fingerprint density at radius 3 is 2.77 bits per heavy atom. The van der Waals surface area contributed by atoms with Crippen molar-refractivity contribution >= 4 is 16.8 Å². The van der Waals surface area contributed by atoms with E-state index in [0.717, 1.165) is 16.5 Å². The summed E-state index contributed by atoms with van der Waals surface area (Å²) in [7, 11) is 1.65. The molecule has 0 aromatic heterocycles. The van der Waals surface area contributed by atoms with E-state index in [1.165, 1.54) is 4.90 Å². The molecular weight excluding hydrogens is 280 g/mol. The van der Waals surface area contributed by atoms with Crippen molar-refractivity contribution < 1.29 is 14.6 Å². The van der Waals surface area contributed by atoms with Crippen molar-refractivity contribution in [3.05, 3.63) is 42.5 Å². The fourth-order valence-electron chi connectivity index (χ4n) is 2.09. The Morgan fingerprint density at radius 2 is 2.00 bits per heavy atom. The summed E-state index contributed by atoms with van der Waals surface area (Å²) in [5.74, 6) is 0.810. The first-order valence-electron chi connectivity index (χ1n) is 7.35. The van der Waals surface area contributed by atoms with E-state index in [2.05, 4.69) is 5.32 Å². The number of likely N-dealkylation sites (N-methyl/N-ethyl adjacent to an activating group) is 1. The Labute approximate surface area is 130 Å². The van der Waals surface area contributed by atoms with Gasteiger partial charge in [0.05, 0.1) is 19.2 Å². The van der Waals surface area contributed by atoms with Gasteiger partial charge in [0.2, 0.25) is 0 Å². The molecule has 0 heterocycles. The summed E-state index contributed by atoms with van der Waals surface area (Å²) in [5, 5.41) is 14.0. The van der Waals surface area contributed by atoms with Crippen LogP contribution in [0.25, 0.3) is 10.8 Å². The molecular formula is C17H22N2O3. The van der Waals surface area contributed by atoms with Crippen LogP contribution in [-0.2, 0) is 0 Å². The molecule has 1 atom stereocenters. The van der Waals surface area contributed by atoms with Gasteiger partial charge in [0, 0.05) is 12.4 Å². The molecule has 0 aliphatic carbocycles. The van der Waals surface area contributed by atoms with Crippen molar-refractivity contribution in [1.29, 1.82) is 0 Å². The van der Waals surface area contributed by atoms with E-state index in [-0.39, 0.29) is 18.7 Å². The van der Waals surface area contributed by atoms with E-state index in [0.29, 0.717) is 13.2 Å². The second kappa shape index (κ2) is 7.66. The average molecular weight is 302 g/mol. The zero-order valence-electron chi connectivity index (χ0n) is 13.0. The lowest BCUT2D eigenvalue weighted by Crippen LogP contribution is -2.44. The minimum absolute atomic E-state index is 0.0591. The highest BCUT2D eigenvalue weighted by Crippen LogP contribution is 2.24. The summed E-state index contributed by atoms with van der Waals surface area (Å²) in [4.78, 5) is 13.3. The van der Waals surface area contributed by atoms with E-state index in [9.17, 15) is 4.79 Å². The first-order valence-corrected chi connectivity index (χ1v) is 7.35. The van der Waals surface area contributed by atoms with E-state index in [4.69, 9.17) is 9.84 Å². The van der Waals surface area contributed by atoms with Gasteiger partial charge >= 0.3 is 6.03 Å². The van der Waals surface area contributed by atoms with Crippen LogP contribution in [-0.4, -0.2) is 48.9 Å². The number of ether oxygens (including phenoxy) is 1. The lowest BCUT2D eigenvalue weighted by Gasteiger charge is -2.23. The molecule has 5 nitrogen and oxygen atoms in total. The number of nitrogens with zero attached hydrogens (tertiary/aromatic N) is 1. The van der Waals surface area contributed by atoms with E-state index < -0.39 is 0 Å². The summed E-state index contributed by atoms with van der Waals surface area (Å²) >= 11 is 0. The molecule has 2 N–H and O–H groups in total. The van der Waals surface area contributed by atoms with Crippen molar-refractivity contribution in [2.75, 3.05) is 26.8 Å². The van der Waals surface area contributed by atoms with Crippen LogP contribution in [0.4, 0.5) is 4.79 Å². The topological polar surface area (TPSA) is 61.8 Å². The van der Waals surface area contributed by atoms with Crippen LogP contribution in [0.1, 0.15) is 6.92 Å². The van der Waals surface area contributed by atoms with Gasteiger partial charge in [-0.1, -0.05) is 36.4 Å². The van der Waals surface area contributed by atoms with Crippen LogP contribution < -0.4 is 10.1 Å². The van der Waals surface area contributed by atoms with Crippen LogP contribution in [0.5, 0.6) is 5.75 Å². The highest BCUT2D eigenvalue weighted by Gasteiger charge is 2.13. The van der Waals surface area contributed by atoms with Crippen LogP contribution in [0, 0.1) is 0 Å². The van der Waals surface area contributed by atoms with Gasteiger partial charge in [0.25, 0.3) is 0 Å². The first kappa shape index (κ1) is 16.1. The first-order chi connectivity index (χ1) is 10.6. The molecule has 2 rings (SSSR count). The van der Waals surface area contributed by atoms with Crippen molar-refractivity contribution in [3.63, 3.8) is 0 Å². The van der Waals surface area contributed by atoms with E-state index >= 15 is 0 Å². The number of hydrogen-bond donors (Lipinski definition) is 2. The van der Waals surface area contributed by atoms with E-state index in [1.807, 2.05) is 42.5 Å². The van der Waals surface area contributed by atoms with Gasteiger partial charge in [-0.15, -0.1) is 0 Å². The molecule has 0 saturated heterocycles. The number of nitrogens with one attached hydrogen (secondary N) is 1. The number of urea groups is 1. The Hall–Kier alpha value is -2.27. The zero-order chi connectivity index (χ0) is 15.9. The molecule has 0 aliphatic heterocycles. The molecule has 22 heavy (non-hydrogen) atoms. The minimum Gasteiger partial charge on any atom is -0.491 e. The molecule has 5 heteroatoms. The standard InChI is InChI=1S/C17H22N2O3/c1-13(12-20)19(2)17(21)18-10-11-22-16-9-5-7-14-6-3-4-8-15(14)16/h3-9,13,20H,10-12H2,1-2H3,(H,18,21). The molecule has 2 aromatic carbocycles. The van der Waals surface area contributed by atoms with Gasteiger partial charge in [0.1, 0.15) is 12.4 Å². The van der Waals surface area contributed by atoms with Gasteiger partial charge in [-0.05, 0) is 18.4 Å². The highest BCUT2D eigenvalue weighted by atomic mass is 16.5. The third-order valence-corrected chi connectivity index (χ3v) is 3.63. The monoisotopic (exact) mass is 302 g/mol. The third-order valence-electron chi connectivity index (χ3n) is 3.63. The second-order valence-electron chi connectivity index (χ2n) is 5.20. The number of aliphatic hydroxyl groups is 1. The van der Waals surface area contributed by atoms with E-state index in [1.54, 1.807) is 14.0 Å². The quantitative estimate of drug-likeness (QED) is 0.805. The van der Waals surface area contributed by atoms with Crippen molar-refractivity contribution in [2.24, 2.45) is 0 Å². The molecule has 0 aliphatic rings. The summed E-state index contributed by atoms with van der Waals surface area (Å²) in [6, 6.07) is 13.5. The van der Waals surface area contributed by atoms with Crippen LogP contribution in [0.2, 0.25) is 0 Å². The summed E-state index contributed by atoms with van der Waals surface area (Å²) in [6.45, 7) is 2.52. The molecule has 1 unspecified atom stereocenters. The maximum absolute atomic E-state index is 11.8. The predicted octanol–water partition coefficient (Wildman–Crippen LogP) is 2.24. The Kier molecular flexibility index (Phi) is 5.61. The Balaban J connectivity index is 1.85. The SMILES string of the molecule is CC(CO)N(C)C(=O)NCCOc1cccc2ccccc12. The van der Waals surface area contributed by atoms with Crippen molar-refractivity contribution in [3.8, 4) is 5.75 Å². The lowest BCUT2D eigenvalue weighted by atomic mass is 10.1. The number of aliphatic hydroxyl groups excluding tert-OH is 1. The number of amides is 2. The number of hydrogen-bond acceptors (Lipinski definition) is 3. The number of carbonyl (C=O) groups excluding carboxylic acids is 1. The Morgan fingerprint density at radius 1 is 1.27 bits per heavy atom. The van der Waals surface area contributed by atoms with Gasteiger partial charge in [0.15, 0.2) is 0 Å². The largest absolute Gasteiger partial charge is 0.491 e. The zero-order valence-corrected chi connectivity index (χ0v) is 13.0. The molecule has 0 radical (unpaired) electrons. The van der Waals surface area contributed by atoms with Gasteiger partial charge < -0.3 is 20.1 Å². The maximum atomic E-state index is 11.8. The van der Waals surface area contributed by atoms with Gasteiger partial charge in [-0.25, -0.2) is 4.79 Å². The summed E-state index contributed by atoms with van der Waals surface area (Å²) in [5.41, 5.74) is 0. The van der Waals surface area contributed by atoms with Crippen LogP contribution >= 0.6 is 0 Å². The number of fused-ring (bicyclic) bond motifs is 1. The number of carbonyl (C=O) groups is 1. The fourth-order valence-corrected chi connectivity index (χ4v) is 2.09. The van der Waals surface area contributed by atoms with Gasteiger partial charge in [-0.2, -0.15) is 0 Å². The molecule has 2 amide bonds. The lowest BCUT2D eigenvalue weighted by molar-refractivity contribution is 0.156. The molecule has 118 valence electrons. The number of rotatable bonds is 6. The summed E-state index contributed by atoms with van der Waals surface area (Å²) < 4.78 is 5.75. The minimum atomic E-state index is -0.219. The third kappa shape index (κ3) is 3.89. The smallest absolute Gasteiger partial charge is 0.317 e. The van der Waals surface area contributed by atoms with Crippen LogP contribution in [0.15, 0.2) is 42.5 Å². The number of benzene rings is 2. The molecule has 0 fully saturated rings. The molecule has 0 saturated carbocycles. The van der Waals surface area contributed by atoms with Gasteiger partial charge in [-0.3, -0.25) is 0 Å². The maximum Gasteiger partial charge on any atom is 0.317 e. The summed E-state index contributed by atoms with van der Waals surface area (Å²) in [6.07, 6.45) is 0. The fraction of sp³-hybridized carbons (Fsp3) is 0.353. The molecule has 2 aromatic rings. The Bertz CT molecular complexity index is 625. The van der Waals surface area contributed by atoms with Crippen LogP contribution in [0.3, 0.4) is 0 Å². The normalized spacial score (nSPS) is 12.0. The van der Waals surface area contributed by atoms with Crippen molar-refractivity contribution in [2.45, 2.75) is 13.0 Å². The molecule has 0 bridgehead atoms. The highest BCUT2D eigenvalue weighted by molar-refractivity contribution is 5.88. The van der Waals surface area contributed by atoms with Crippen molar-refractivity contribution in [1.82, 2.24) is 10.2 Å². The molecule has 0 spiro atoms. The average Bonchev–Trinajstić information content (AvgIpc) is 2.57. The predicted molar refractivity (Wildman–Crippen MR) is 87.2 cm³/mol.